The predicted octanol–water partition coefficient (Wildman–Crippen LogP) is 2.77. The van der Waals surface area contributed by atoms with E-state index in [2.05, 4.69) is 6.92 Å². The molecule has 0 aromatic heterocycles. The van der Waals surface area contributed by atoms with Crippen molar-refractivity contribution in [2.24, 2.45) is 0 Å². The van der Waals surface area contributed by atoms with Crippen molar-refractivity contribution in [3.63, 3.8) is 0 Å². The Morgan fingerprint density at radius 1 is 1.27 bits per heavy atom. The van der Waals surface area contributed by atoms with Crippen LogP contribution in [0.5, 0.6) is 0 Å². The van der Waals surface area contributed by atoms with Gasteiger partial charge in [-0.3, -0.25) is 4.79 Å². The van der Waals surface area contributed by atoms with Crippen molar-refractivity contribution in [2.75, 3.05) is 6.61 Å². The monoisotopic (exact) mass is 160 g/mol. The summed E-state index contributed by atoms with van der Waals surface area (Å²) in [6.07, 6.45) is 2.55. The summed E-state index contributed by atoms with van der Waals surface area (Å²) in [4.78, 5) is 10.5. The molecule has 2 nitrogen and oxygen atoms in total. The zero-order valence-corrected chi connectivity index (χ0v) is 8.14. The van der Waals surface area contributed by atoms with Crippen molar-refractivity contribution < 1.29 is 9.53 Å². The first kappa shape index (κ1) is 13.1. The van der Waals surface area contributed by atoms with E-state index in [0.717, 1.165) is 12.8 Å². The summed E-state index contributed by atoms with van der Waals surface area (Å²) in [5.74, 6) is -0.0940. The quantitative estimate of drug-likeness (QED) is 0.467. The average Bonchev–Trinajstić information content (AvgIpc) is 2.08. The van der Waals surface area contributed by atoms with Crippen LogP contribution in [0.3, 0.4) is 0 Å². The Morgan fingerprint density at radius 3 is 2.18 bits per heavy atom. The number of ether oxygens (including phenoxy) is 1. The highest BCUT2D eigenvalue weighted by Gasteiger charge is 1.94. The molecule has 0 rings (SSSR count). The molecule has 0 unspecified atom stereocenters. The average molecular weight is 160 g/mol. The molecule has 0 amide bonds. The van der Waals surface area contributed by atoms with Gasteiger partial charge in [-0.1, -0.05) is 34.1 Å². The summed E-state index contributed by atoms with van der Waals surface area (Å²) in [6.45, 7) is 8.46. The van der Waals surface area contributed by atoms with Crippen molar-refractivity contribution in [2.45, 2.75) is 47.0 Å². The first-order chi connectivity index (χ1) is 5.31. The van der Waals surface area contributed by atoms with E-state index in [0.29, 0.717) is 13.0 Å². The standard InChI is InChI=1S/C7H14O2.C2H6/c1-3-5-6-9-7(8)4-2;1-2/h3-6H2,1-2H3;1-2H3. The zero-order valence-electron chi connectivity index (χ0n) is 8.14. The van der Waals surface area contributed by atoms with Crippen LogP contribution in [0.1, 0.15) is 47.0 Å². The van der Waals surface area contributed by atoms with Gasteiger partial charge in [-0.15, -0.1) is 0 Å². The Hall–Kier alpha value is -0.530. The van der Waals surface area contributed by atoms with Gasteiger partial charge in [0.1, 0.15) is 0 Å². The van der Waals surface area contributed by atoms with E-state index < -0.39 is 0 Å². The lowest BCUT2D eigenvalue weighted by Crippen LogP contribution is -2.02. The summed E-state index contributed by atoms with van der Waals surface area (Å²) in [5.41, 5.74) is 0. The van der Waals surface area contributed by atoms with Crippen LogP contribution in [0.4, 0.5) is 0 Å². The van der Waals surface area contributed by atoms with Gasteiger partial charge in [-0.05, 0) is 6.42 Å². The largest absolute Gasteiger partial charge is 0.466 e. The molecule has 0 heterocycles. The second-order valence-electron chi connectivity index (χ2n) is 1.93. The second kappa shape index (κ2) is 12.2. The third-order valence-electron chi connectivity index (χ3n) is 1.05. The number of hydrogen-bond donors (Lipinski definition) is 0. The van der Waals surface area contributed by atoms with Crippen LogP contribution in [0, 0.1) is 0 Å². The molecule has 0 aliphatic heterocycles. The SMILES string of the molecule is CC.CCCCOC(=O)CC. The third kappa shape index (κ3) is 12.6. The van der Waals surface area contributed by atoms with Crippen molar-refractivity contribution >= 4 is 5.97 Å². The van der Waals surface area contributed by atoms with E-state index in [4.69, 9.17) is 4.74 Å². The first-order valence-corrected chi connectivity index (χ1v) is 4.46. The molecule has 0 radical (unpaired) electrons. The van der Waals surface area contributed by atoms with Gasteiger partial charge in [0.2, 0.25) is 0 Å². The summed E-state index contributed by atoms with van der Waals surface area (Å²) >= 11 is 0. The Kier molecular flexibility index (Phi) is 14.5. The van der Waals surface area contributed by atoms with Gasteiger partial charge in [-0.2, -0.15) is 0 Å². The highest BCUT2D eigenvalue weighted by molar-refractivity contribution is 5.68. The van der Waals surface area contributed by atoms with Gasteiger partial charge in [0, 0.05) is 6.42 Å². The first-order valence-electron chi connectivity index (χ1n) is 4.46. The Labute approximate surface area is 69.9 Å². The highest BCUT2D eigenvalue weighted by Crippen LogP contribution is 1.90. The highest BCUT2D eigenvalue weighted by atomic mass is 16.5. The number of unbranched alkanes of at least 4 members (excludes halogenated alkanes) is 1. The van der Waals surface area contributed by atoms with Crippen LogP contribution >= 0.6 is 0 Å². The van der Waals surface area contributed by atoms with Crippen LogP contribution in [0.2, 0.25) is 0 Å². The van der Waals surface area contributed by atoms with Crippen molar-refractivity contribution in [1.29, 1.82) is 0 Å². The Balaban J connectivity index is 0. The maximum atomic E-state index is 10.5. The lowest BCUT2D eigenvalue weighted by atomic mass is 10.4. The van der Waals surface area contributed by atoms with Crippen molar-refractivity contribution in [3.05, 3.63) is 0 Å². The summed E-state index contributed by atoms with van der Waals surface area (Å²) in [5, 5.41) is 0. The molecule has 0 N–H and O–H groups in total. The zero-order chi connectivity index (χ0) is 9.11. The number of carbonyl (C=O) groups is 1. The number of carbonyl (C=O) groups excluding carboxylic acids is 1. The molecule has 68 valence electrons. The molecule has 0 aliphatic rings. The van der Waals surface area contributed by atoms with E-state index in [1.807, 2.05) is 13.8 Å². The van der Waals surface area contributed by atoms with E-state index in [1.165, 1.54) is 0 Å². The van der Waals surface area contributed by atoms with Gasteiger partial charge < -0.3 is 4.74 Å². The molecule has 0 saturated heterocycles. The fourth-order valence-corrected chi connectivity index (χ4v) is 0.432. The second-order valence-corrected chi connectivity index (χ2v) is 1.93. The molecule has 0 aromatic carbocycles. The summed E-state index contributed by atoms with van der Waals surface area (Å²) in [7, 11) is 0. The maximum Gasteiger partial charge on any atom is 0.305 e. The van der Waals surface area contributed by atoms with Crippen LogP contribution in [-0.2, 0) is 9.53 Å². The van der Waals surface area contributed by atoms with E-state index in [9.17, 15) is 4.79 Å². The normalized spacial score (nSPS) is 8.00. The minimum atomic E-state index is -0.0940. The fourth-order valence-electron chi connectivity index (χ4n) is 0.432. The van der Waals surface area contributed by atoms with E-state index >= 15 is 0 Å². The Morgan fingerprint density at radius 2 is 1.82 bits per heavy atom. The van der Waals surface area contributed by atoms with Gasteiger partial charge in [0.05, 0.1) is 6.61 Å². The molecule has 11 heavy (non-hydrogen) atoms. The van der Waals surface area contributed by atoms with Gasteiger partial charge in [-0.25, -0.2) is 0 Å². The molecule has 0 spiro atoms. The van der Waals surface area contributed by atoms with Crippen LogP contribution in [0.25, 0.3) is 0 Å². The molecule has 0 aliphatic carbocycles. The Bertz CT molecular complexity index is 79.6. The van der Waals surface area contributed by atoms with E-state index in [1.54, 1.807) is 6.92 Å². The van der Waals surface area contributed by atoms with E-state index in [-0.39, 0.29) is 5.97 Å². The van der Waals surface area contributed by atoms with Gasteiger partial charge in [0.15, 0.2) is 0 Å². The molecule has 2 heteroatoms. The minimum Gasteiger partial charge on any atom is -0.466 e. The number of hydrogen-bond acceptors (Lipinski definition) is 2. The topological polar surface area (TPSA) is 26.3 Å². The lowest BCUT2D eigenvalue weighted by Gasteiger charge is -1.99. The smallest absolute Gasteiger partial charge is 0.305 e. The third-order valence-corrected chi connectivity index (χ3v) is 1.05. The van der Waals surface area contributed by atoms with Crippen molar-refractivity contribution in [3.8, 4) is 0 Å². The van der Waals surface area contributed by atoms with Crippen LogP contribution < -0.4 is 0 Å². The molecular weight excluding hydrogens is 140 g/mol. The van der Waals surface area contributed by atoms with Crippen LogP contribution in [0.15, 0.2) is 0 Å². The number of rotatable bonds is 4. The molecular formula is C9H20O2. The molecule has 0 fully saturated rings. The van der Waals surface area contributed by atoms with Gasteiger partial charge in [0.25, 0.3) is 0 Å². The van der Waals surface area contributed by atoms with Crippen molar-refractivity contribution in [1.82, 2.24) is 0 Å². The predicted molar refractivity (Wildman–Crippen MR) is 47.5 cm³/mol. The maximum absolute atomic E-state index is 10.5. The summed E-state index contributed by atoms with van der Waals surface area (Å²) in [6, 6.07) is 0. The lowest BCUT2D eigenvalue weighted by molar-refractivity contribution is -0.143. The minimum absolute atomic E-state index is 0.0940. The number of esters is 1. The molecule has 0 saturated carbocycles. The summed E-state index contributed by atoms with van der Waals surface area (Å²) < 4.78 is 4.79. The van der Waals surface area contributed by atoms with Crippen LogP contribution in [-0.4, -0.2) is 12.6 Å². The van der Waals surface area contributed by atoms with Gasteiger partial charge >= 0.3 is 5.97 Å². The fraction of sp³-hybridized carbons (Fsp3) is 0.889. The molecule has 0 aromatic rings. The molecule has 0 bridgehead atoms. The molecule has 0 atom stereocenters.